The zero-order valence-electron chi connectivity index (χ0n) is 13.1. The van der Waals surface area contributed by atoms with Crippen LogP contribution < -0.4 is 5.01 Å². The molecule has 3 rings (SSSR count). The van der Waals surface area contributed by atoms with E-state index in [2.05, 4.69) is 5.10 Å². The highest BCUT2D eigenvalue weighted by Crippen LogP contribution is 2.27. The van der Waals surface area contributed by atoms with Crippen molar-refractivity contribution in [2.24, 2.45) is 5.10 Å². The summed E-state index contributed by atoms with van der Waals surface area (Å²) in [7, 11) is 0. The number of aromatic hydroxyl groups is 2. The van der Waals surface area contributed by atoms with E-state index < -0.39 is 0 Å². The van der Waals surface area contributed by atoms with Gasteiger partial charge in [0.1, 0.15) is 0 Å². The fraction of sp³-hybridized carbons (Fsp3) is 0.0500. The molecular weight excluding hydrogens is 300 g/mol. The second-order valence-electron chi connectivity index (χ2n) is 5.34. The van der Waals surface area contributed by atoms with Crippen molar-refractivity contribution in [2.75, 3.05) is 5.01 Å². The highest BCUT2D eigenvalue weighted by Gasteiger charge is 2.07. The maximum Gasteiger partial charge on any atom is 0.166 e. The first-order valence-electron chi connectivity index (χ1n) is 7.65. The molecule has 120 valence electrons. The molecule has 0 amide bonds. The van der Waals surface area contributed by atoms with Crippen molar-refractivity contribution in [2.45, 2.75) is 6.54 Å². The Morgan fingerprint density at radius 2 is 1.46 bits per heavy atom. The molecule has 0 saturated heterocycles. The summed E-state index contributed by atoms with van der Waals surface area (Å²) < 4.78 is 0. The van der Waals surface area contributed by atoms with Crippen LogP contribution in [0.2, 0.25) is 0 Å². The van der Waals surface area contributed by atoms with Crippen molar-refractivity contribution >= 4 is 11.9 Å². The Hall–Kier alpha value is -3.27. The molecule has 3 aromatic carbocycles. The normalized spacial score (nSPS) is 10.8. The van der Waals surface area contributed by atoms with Gasteiger partial charge < -0.3 is 10.2 Å². The van der Waals surface area contributed by atoms with Gasteiger partial charge in [-0.3, -0.25) is 5.01 Å². The lowest BCUT2D eigenvalue weighted by atomic mass is 10.2. The third-order valence-corrected chi connectivity index (χ3v) is 3.61. The van der Waals surface area contributed by atoms with Gasteiger partial charge in [-0.25, -0.2) is 0 Å². The quantitative estimate of drug-likeness (QED) is 0.422. The molecule has 0 unspecified atom stereocenters. The van der Waals surface area contributed by atoms with Gasteiger partial charge in [-0.15, -0.1) is 0 Å². The molecular formula is C20H18N2O2. The van der Waals surface area contributed by atoms with Gasteiger partial charge in [0.25, 0.3) is 0 Å². The Morgan fingerprint density at radius 3 is 2.17 bits per heavy atom. The van der Waals surface area contributed by atoms with Gasteiger partial charge in [-0.05, 0) is 29.8 Å². The van der Waals surface area contributed by atoms with E-state index in [4.69, 9.17) is 0 Å². The van der Waals surface area contributed by atoms with Crippen LogP contribution in [0.3, 0.4) is 0 Å². The van der Waals surface area contributed by atoms with Crippen LogP contribution in [0.5, 0.6) is 11.5 Å². The van der Waals surface area contributed by atoms with Gasteiger partial charge in [0.05, 0.1) is 18.4 Å². The molecule has 0 radical (unpaired) electrons. The number of hydrogen-bond donors (Lipinski definition) is 2. The Bertz CT molecular complexity index is 818. The molecule has 0 heterocycles. The highest BCUT2D eigenvalue weighted by molar-refractivity contribution is 5.85. The first kappa shape index (κ1) is 15.6. The summed E-state index contributed by atoms with van der Waals surface area (Å²) in [5.74, 6) is -0.331. The Balaban J connectivity index is 1.90. The first-order chi connectivity index (χ1) is 11.7. The van der Waals surface area contributed by atoms with Crippen LogP contribution in [-0.2, 0) is 6.54 Å². The lowest BCUT2D eigenvalue weighted by Crippen LogP contribution is -2.16. The molecule has 0 aromatic heterocycles. The van der Waals surface area contributed by atoms with Crippen LogP contribution in [0.1, 0.15) is 11.1 Å². The molecule has 0 aliphatic carbocycles. The fourth-order valence-corrected chi connectivity index (χ4v) is 2.34. The summed E-state index contributed by atoms with van der Waals surface area (Å²) in [4.78, 5) is 0. The van der Waals surface area contributed by atoms with Crippen molar-refractivity contribution < 1.29 is 10.2 Å². The third-order valence-electron chi connectivity index (χ3n) is 3.61. The van der Waals surface area contributed by atoms with E-state index in [1.54, 1.807) is 18.3 Å². The van der Waals surface area contributed by atoms with E-state index in [9.17, 15) is 10.2 Å². The Kier molecular flexibility index (Phi) is 4.77. The maximum atomic E-state index is 9.91. The standard InChI is InChI=1S/C20H18N2O2/c23-19-13-7-10-17(20(19)24)14-21-22(18-11-5-2-6-12-18)15-16-8-3-1-4-9-16/h1-14,23-24H,15H2. The monoisotopic (exact) mass is 318 g/mol. The number of hydrogen-bond acceptors (Lipinski definition) is 4. The predicted molar refractivity (Wildman–Crippen MR) is 96.4 cm³/mol. The van der Waals surface area contributed by atoms with Crippen LogP contribution in [-0.4, -0.2) is 16.4 Å². The number of nitrogens with zero attached hydrogens (tertiary/aromatic N) is 2. The van der Waals surface area contributed by atoms with Gasteiger partial charge in [0.2, 0.25) is 0 Å². The molecule has 0 spiro atoms. The van der Waals surface area contributed by atoms with Gasteiger partial charge in [0.15, 0.2) is 11.5 Å². The number of anilines is 1. The van der Waals surface area contributed by atoms with E-state index in [1.165, 1.54) is 6.07 Å². The zero-order valence-corrected chi connectivity index (χ0v) is 13.1. The van der Waals surface area contributed by atoms with E-state index in [0.717, 1.165) is 11.3 Å². The maximum absolute atomic E-state index is 9.91. The fourth-order valence-electron chi connectivity index (χ4n) is 2.34. The molecule has 0 aliphatic rings. The Morgan fingerprint density at radius 1 is 0.792 bits per heavy atom. The van der Waals surface area contributed by atoms with E-state index >= 15 is 0 Å². The van der Waals surface area contributed by atoms with Crippen molar-refractivity contribution in [1.82, 2.24) is 0 Å². The molecule has 24 heavy (non-hydrogen) atoms. The SMILES string of the molecule is Oc1cccc(C=NN(Cc2ccccc2)c2ccccc2)c1O. The van der Waals surface area contributed by atoms with E-state index in [1.807, 2.05) is 65.7 Å². The van der Waals surface area contributed by atoms with Crippen LogP contribution >= 0.6 is 0 Å². The molecule has 0 aliphatic heterocycles. The van der Waals surface area contributed by atoms with E-state index in [-0.39, 0.29) is 11.5 Å². The predicted octanol–water partition coefficient (Wildman–Crippen LogP) is 4.14. The van der Waals surface area contributed by atoms with Crippen molar-refractivity contribution in [3.63, 3.8) is 0 Å². The smallest absolute Gasteiger partial charge is 0.166 e. The van der Waals surface area contributed by atoms with Crippen molar-refractivity contribution in [1.29, 1.82) is 0 Å². The molecule has 2 N–H and O–H groups in total. The van der Waals surface area contributed by atoms with Gasteiger partial charge in [0, 0.05) is 5.56 Å². The first-order valence-corrected chi connectivity index (χ1v) is 7.65. The number of rotatable bonds is 5. The molecule has 0 saturated carbocycles. The summed E-state index contributed by atoms with van der Waals surface area (Å²) in [6, 6.07) is 24.6. The van der Waals surface area contributed by atoms with Gasteiger partial charge in [-0.1, -0.05) is 54.6 Å². The van der Waals surface area contributed by atoms with E-state index in [0.29, 0.717) is 12.1 Å². The number of phenols is 2. The molecule has 0 bridgehead atoms. The minimum atomic E-state index is -0.172. The van der Waals surface area contributed by atoms with Gasteiger partial charge in [-0.2, -0.15) is 5.10 Å². The van der Waals surface area contributed by atoms with Crippen LogP contribution in [0.4, 0.5) is 5.69 Å². The third kappa shape index (κ3) is 3.73. The molecule has 0 fully saturated rings. The highest BCUT2D eigenvalue weighted by atomic mass is 16.3. The Labute approximate surface area is 140 Å². The van der Waals surface area contributed by atoms with Crippen molar-refractivity contribution in [3.8, 4) is 11.5 Å². The summed E-state index contributed by atoms with van der Waals surface area (Å²) in [6.07, 6.45) is 1.55. The number of hydrazone groups is 1. The number of para-hydroxylation sites is 2. The lowest BCUT2D eigenvalue weighted by molar-refractivity contribution is 0.403. The average Bonchev–Trinajstić information content (AvgIpc) is 2.63. The molecule has 4 heteroatoms. The van der Waals surface area contributed by atoms with Crippen LogP contribution in [0.25, 0.3) is 0 Å². The minimum absolute atomic E-state index is 0.159. The lowest BCUT2D eigenvalue weighted by Gasteiger charge is -2.19. The molecule has 0 atom stereocenters. The van der Waals surface area contributed by atoms with Crippen LogP contribution in [0, 0.1) is 0 Å². The number of benzene rings is 3. The van der Waals surface area contributed by atoms with Gasteiger partial charge >= 0.3 is 0 Å². The summed E-state index contributed by atoms with van der Waals surface area (Å²) in [5, 5.41) is 25.8. The van der Waals surface area contributed by atoms with Crippen molar-refractivity contribution in [3.05, 3.63) is 90.0 Å². The summed E-state index contributed by atoms with van der Waals surface area (Å²) in [6.45, 7) is 0.598. The van der Waals surface area contributed by atoms with Crippen LogP contribution in [0.15, 0.2) is 84.0 Å². The summed E-state index contributed by atoms with van der Waals surface area (Å²) in [5.41, 5.74) is 2.53. The second kappa shape index (κ2) is 7.33. The average molecular weight is 318 g/mol. The summed E-state index contributed by atoms with van der Waals surface area (Å²) >= 11 is 0. The molecule has 4 nitrogen and oxygen atoms in total. The second-order valence-corrected chi connectivity index (χ2v) is 5.34. The molecule has 3 aromatic rings. The minimum Gasteiger partial charge on any atom is -0.504 e. The zero-order chi connectivity index (χ0) is 16.8. The number of phenolic OH excluding ortho intramolecular Hbond substituents is 2. The largest absolute Gasteiger partial charge is 0.504 e. The topological polar surface area (TPSA) is 56.1 Å².